The molecule has 0 saturated carbocycles. The molecule has 2 nitrogen and oxygen atoms in total. The van der Waals surface area contributed by atoms with Crippen molar-refractivity contribution >= 4 is 34.5 Å². The van der Waals surface area contributed by atoms with Crippen molar-refractivity contribution in [1.29, 1.82) is 0 Å². The van der Waals surface area contributed by atoms with Crippen LogP contribution in [0.2, 0.25) is 10.0 Å². The molecule has 0 aliphatic carbocycles. The van der Waals surface area contributed by atoms with Gasteiger partial charge in [0, 0.05) is 17.5 Å². The molecule has 1 aromatic carbocycles. The summed E-state index contributed by atoms with van der Waals surface area (Å²) in [7, 11) is 0. The van der Waals surface area contributed by atoms with Gasteiger partial charge in [-0.3, -0.25) is 0 Å². The van der Waals surface area contributed by atoms with E-state index in [2.05, 4.69) is 4.98 Å². The monoisotopic (exact) mass is 301 g/mol. The van der Waals surface area contributed by atoms with E-state index in [1.807, 2.05) is 18.4 Å². The van der Waals surface area contributed by atoms with Gasteiger partial charge in [0.15, 0.2) is 0 Å². The minimum atomic E-state index is -0.451. The van der Waals surface area contributed by atoms with Crippen molar-refractivity contribution in [1.82, 2.24) is 4.98 Å². The number of benzene rings is 1. The molecule has 0 radical (unpaired) electrons. The zero-order chi connectivity index (χ0) is 13.1. The van der Waals surface area contributed by atoms with Gasteiger partial charge in [-0.25, -0.2) is 4.98 Å². The predicted molar refractivity (Wildman–Crippen MR) is 76.7 cm³/mol. The Morgan fingerprint density at radius 3 is 2.67 bits per heavy atom. The van der Waals surface area contributed by atoms with Gasteiger partial charge in [0.05, 0.1) is 21.2 Å². The van der Waals surface area contributed by atoms with Crippen molar-refractivity contribution < 1.29 is 5.11 Å². The topological polar surface area (TPSA) is 33.1 Å². The van der Waals surface area contributed by atoms with E-state index in [1.165, 1.54) is 0 Å². The first-order chi connectivity index (χ1) is 8.54. The molecule has 1 heterocycles. The fourth-order valence-electron chi connectivity index (χ4n) is 1.71. The number of aromatic nitrogens is 1. The Labute approximate surface area is 120 Å². The smallest absolute Gasteiger partial charge is 0.0954 e. The van der Waals surface area contributed by atoms with Gasteiger partial charge in [-0.15, -0.1) is 11.3 Å². The summed E-state index contributed by atoms with van der Waals surface area (Å²) < 4.78 is 0. The number of nitrogens with zero attached hydrogens (tertiary/aromatic N) is 1. The lowest BCUT2D eigenvalue weighted by Gasteiger charge is -2.09. The maximum absolute atomic E-state index is 10.0. The Morgan fingerprint density at radius 2 is 2.06 bits per heavy atom. The SMILES string of the molecule is Cc1csc(CC(O)Cc2ccc(Cl)c(Cl)c2)n1. The van der Waals surface area contributed by atoms with E-state index >= 15 is 0 Å². The van der Waals surface area contributed by atoms with Crippen molar-refractivity contribution in [2.24, 2.45) is 0 Å². The van der Waals surface area contributed by atoms with Gasteiger partial charge < -0.3 is 5.11 Å². The third-order valence-corrected chi connectivity index (χ3v) is 4.26. The highest BCUT2D eigenvalue weighted by Crippen LogP contribution is 2.23. The summed E-state index contributed by atoms with van der Waals surface area (Å²) in [6.45, 7) is 1.95. The third-order valence-electron chi connectivity index (χ3n) is 2.53. The second-order valence-corrected chi connectivity index (χ2v) is 5.95. The zero-order valence-corrected chi connectivity index (χ0v) is 12.2. The van der Waals surface area contributed by atoms with Crippen molar-refractivity contribution in [3.63, 3.8) is 0 Å². The van der Waals surface area contributed by atoms with Crippen molar-refractivity contribution in [2.45, 2.75) is 25.9 Å². The third kappa shape index (κ3) is 3.69. The molecule has 0 bridgehead atoms. The van der Waals surface area contributed by atoms with Crippen LogP contribution in [0.3, 0.4) is 0 Å². The molecule has 0 fully saturated rings. The molecule has 2 rings (SSSR count). The highest BCUT2D eigenvalue weighted by Gasteiger charge is 2.10. The van der Waals surface area contributed by atoms with Crippen molar-refractivity contribution in [3.05, 3.63) is 49.9 Å². The molecule has 5 heteroatoms. The van der Waals surface area contributed by atoms with E-state index in [4.69, 9.17) is 23.2 Å². The number of aryl methyl sites for hydroxylation is 1. The molecule has 1 unspecified atom stereocenters. The van der Waals surface area contributed by atoms with E-state index in [0.29, 0.717) is 22.9 Å². The van der Waals surface area contributed by atoms with E-state index in [0.717, 1.165) is 16.3 Å². The minimum Gasteiger partial charge on any atom is -0.392 e. The summed E-state index contributed by atoms with van der Waals surface area (Å²) in [4.78, 5) is 4.34. The molecular formula is C13H13Cl2NOS. The van der Waals surface area contributed by atoms with Gasteiger partial charge in [-0.2, -0.15) is 0 Å². The van der Waals surface area contributed by atoms with Crippen LogP contribution in [0.15, 0.2) is 23.6 Å². The lowest BCUT2D eigenvalue weighted by Crippen LogP contribution is -2.13. The average Bonchev–Trinajstić information content (AvgIpc) is 2.69. The van der Waals surface area contributed by atoms with E-state index in [1.54, 1.807) is 23.5 Å². The molecular weight excluding hydrogens is 289 g/mol. The predicted octanol–water partition coefficient (Wildman–Crippen LogP) is 3.90. The van der Waals surface area contributed by atoms with Crippen LogP contribution in [0.5, 0.6) is 0 Å². The molecule has 0 saturated heterocycles. The van der Waals surface area contributed by atoms with Crippen LogP contribution in [0.25, 0.3) is 0 Å². The van der Waals surface area contributed by atoms with Gasteiger partial charge in [0.1, 0.15) is 0 Å². The van der Waals surface area contributed by atoms with Gasteiger partial charge >= 0.3 is 0 Å². The Morgan fingerprint density at radius 1 is 1.28 bits per heavy atom. The van der Waals surface area contributed by atoms with Crippen LogP contribution in [0.1, 0.15) is 16.3 Å². The van der Waals surface area contributed by atoms with Crippen molar-refractivity contribution in [2.75, 3.05) is 0 Å². The second-order valence-electron chi connectivity index (χ2n) is 4.19. The lowest BCUT2D eigenvalue weighted by molar-refractivity contribution is 0.175. The van der Waals surface area contributed by atoms with Crippen LogP contribution in [-0.4, -0.2) is 16.2 Å². The minimum absolute atomic E-state index is 0.451. The highest BCUT2D eigenvalue weighted by atomic mass is 35.5. The standard InChI is InChI=1S/C13H13Cl2NOS/c1-8-7-18-13(16-8)6-10(17)4-9-2-3-11(14)12(15)5-9/h2-3,5,7,10,17H,4,6H2,1H3. The lowest BCUT2D eigenvalue weighted by atomic mass is 10.1. The van der Waals surface area contributed by atoms with Gasteiger partial charge in [-0.1, -0.05) is 29.3 Å². The summed E-state index contributed by atoms with van der Waals surface area (Å²) in [5.41, 5.74) is 1.97. The first-order valence-corrected chi connectivity index (χ1v) is 7.21. The van der Waals surface area contributed by atoms with Crippen LogP contribution < -0.4 is 0 Å². The maximum atomic E-state index is 10.0. The number of halogens is 2. The van der Waals surface area contributed by atoms with Crippen molar-refractivity contribution in [3.8, 4) is 0 Å². The largest absolute Gasteiger partial charge is 0.392 e. The highest BCUT2D eigenvalue weighted by molar-refractivity contribution is 7.09. The Kier molecular flexibility index (Phi) is 4.62. The number of hydrogen-bond acceptors (Lipinski definition) is 3. The molecule has 0 aliphatic rings. The number of thiazole rings is 1. The second kappa shape index (κ2) is 6.02. The molecule has 1 atom stereocenters. The Bertz CT molecular complexity index is 542. The van der Waals surface area contributed by atoms with Crippen LogP contribution in [-0.2, 0) is 12.8 Å². The number of aliphatic hydroxyl groups is 1. The van der Waals surface area contributed by atoms with Gasteiger partial charge in [0.25, 0.3) is 0 Å². The van der Waals surface area contributed by atoms with E-state index in [9.17, 15) is 5.11 Å². The number of rotatable bonds is 4. The van der Waals surface area contributed by atoms with Crippen LogP contribution >= 0.6 is 34.5 Å². The first-order valence-electron chi connectivity index (χ1n) is 5.57. The molecule has 0 spiro atoms. The van der Waals surface area contributed by atoms with Gasteiger partial charge in [0.2, 0.25) is 0 Å². The fraction of sp³-hybridized carbons (Fsp3) is 0.308. The van der Waals surface area contributed by atoms with Gasteiger partial charge in [-0.05, 0) is 31.0 Å². The summed E-state index contributed by atoms with van der Waals surface area (Å²) >= 11 is 13.4. The molecule has 0 amide bonds. The quantitative estimate of drug-likeness (QED) is 0.929. The average molecular weight is 302 g/mol. The number of hydrogen-bond donors (Lipinski definition) is 1. The van der Waals surface area contributed by atoms with E-state index in [-0.39, 0.29) is 0 Å². The molecule has 2 aromatic rings. The zero-order valence-electron chi connectivity index (χ0n) is 9.86. The molecule has 18 heavy (non-hydrogen) atoms. The maximum Gasteiger partial charge on any atom is 0.0954 e. The summed E-state index contributed by atoms with van der Waals surface area (Å²) in [6.07, 6.45) is 0.668. The Balaban J connectivity index is 1.98. The fourth-order valence-corrected chi connectivity index (χ4v) is 2.87. The summed E-state index contributed by atoms with van der Waals surface area (Å²) in [5.74, 6) is 0. The van der Waals surface area contributed by atoms with Crippen LogP contribution in [0, 0.1) is 6.92 Å². The first kappa shape index (κ1) is 13.8. The molecule has 1 aromatic heterocycles. The molecule has 1 N–H and O–H groups in total. The number of aliphatic hydroxyl groups excluding tert-OH is 1. The Hall–Kier alpha value is -0.610. The molecule has 96 valence electrons. The van der Waals surface area contributed by atoms with Crippen LogP contribution in [0.4, 0.5) is 0 Å². The molecule has 0 aliphatic heterocycles. The summed E-state index contributed by atoms with van der Waals surface area (Å²) in [6, 6.07) is 5.42. The normalized spacial score (nSPS) is 12.7. The summed E-state index contributed by atoms with van der Waals surface area (Å²) in [5, 5.41) is 14.0. The van der Waals surface area contributed by atoms with E-state index < -0.39 is 6.10 Å².